The third-order valence-electron chi connectivity index (χ3n) is 6.63. The van der Waals surface area contributed by atoms with Crippen LogP contribution >= 0.6 is 0 Å². The highest BCUT2D eigenvalue weighted by molar-refractivity contribution is 5.75. The van der Waals surface area contributed by atoms with Gasteiger partial charge in [0.05, 0.1) is 6.54 Å². The lowest BCUT2D eigenvalue weighted by Crippen LogP contribution is -2.43. The molecule has 0 aromatic carbocycles. The number of hydrazine groups is 2. The molecule has 8 N–H and O–H groups in total. The van der Waals surface area contributed by atoms with Crippen molar-refractivity contribution in [3.05, 3.63) is 0 Å². The van der Waals surface area contributed by atoms with Crippen molar-refractivity contribution in [1.29, 1.82) is 0 Å². The molecule has 0 bridgehead atoms. The Hall–Kier alpha value is -0.615. The molecule has 2 aliphatic heterocycles. The number of hydrogen-bond acceptors (Lipinski definition) is 9. The molecule has 2 fully saturated rings. The molecule has 2 saturated heterocycles. The highest BCUT2D eigenvalue weighted by Crippen LogP contribution is 2.05. The van der Waals surface area contributed by atoms with Gasteiger partial charge in [0.15, 0.2) is 0 Å². The fourth-order valence-electron chi connectivity index (χ4n) is 2.64. The van der Waals surface area contributed by atoms with Gasteiger partial charge in [-0.3, -0.25) is 16.3 Å². The van der Waals surface area contributed by atoms with Crippen LogP contribution in [-0.4, -0.2) is 87.4 Å². The smallest absolute Gasteiger partial charge is 0.0624 e. The number of nitrogens with zero attached hydrogens (tertiary/aromatic N) is 3. The zero-order valence-electron chi connectivity index (χ0n) is 28.4. The maximum atomic E-state index is 5.28. The van der Waals surface area contributed by atoms with Gasteiger partial charge < -0.3 is 16.8 Å². The van der Waals surface area contributed by atoms with Crippen molar-refractivity contribution in [3.8, 4) is 0 Å². The summed E-state index contributed by atoms with van der Waals surface area (Å²) >= 11 is 0. The number of nitrogens with one attached hydrogen (secondary N) is 4. The molecule has 2 aliphatic rings. The van der Waals surface area contributed by atoms with Crippen molar-refractivity contribution in [2.75, 3.05) is 74.0 Å². The summed E-state index contributed by atoms with van der Waals surface area (Å²) in [5, 5.41) is 12.9. The SMILES string of the molecule is C.C.CC1CCN(C)NC1.CC1CCNC1.CCC(C)CN.CCC(C)CN=NC.CCC(C)CNNC.CN.[2HH].[B]. The predicted molar refractivity (Wildman–Crippen MR) is 193 cm³/mol. The summed E-state index contributed by atoms with van der Waals surface area (Å²) in [7, 11) is 7.19. The largest absolute Gasteiger partial charge is 0.333 e. The van der Waals surface area contributed by atoms with Crippen molar-refractivity contribution in [3.63, 3.8) is 0 Å². The van der Waals surface area contributed by atoms with Crippen LogP contribution in [0, 0.1) is 29.6 Å². The molecular weight excluding hydrogens is 509 g/mol. The summed E-state index contributed by atoms with van der Waals surface area (Å²) in [5.41, 5.74) is 19.0. The summed E-state index contributed by atoms with van der Waals surface area (Å²) in [4.78, 5) is 0. The molecule has 0 aromatic rings. The Bertz CT molecular complexity index is 421. The Morgan fingerprint density at radius 1 is 0.927 bits per heavy atom. The first kappa shape index (κ1) is 56.2. The second-order valence-electron chi connectivity index (χ2n) is 10.7. The van der Waals surface area contributed by atoms with Gasteiger partial charge in [-0.2, -0.15) is 10.2 Å². The normalized spacial score (nSPS) is 19.4. The summed E-state index contributed by atoms with van der Waals surface area (Å²) in [6.45, 7) is 25.2. The minimum atomic E-state index is 0. The third-order valence-corrected chi connectivity index (χ3v) is 6.63. The second kappa shape index (κ2) is 46.3. The van der Waals surface area contributed by atoms with Gasteiger partial charge in [0.25, 0.3) is 0 Å². The van der Waals surface area contributed by atoms with E-state index < -0.39 is 0 Å². The Kier molecular flexibility index (Phi) is 63.5. The van der Waals surface area contributed by atoms with Crippen LogP contribution in [0.5, 0.6) is 0 Å². The van der Waals surface area contributed by atoms with Gasteiger partial charge in [0.2, 0.25) is 0 Å². The first-order valence-corrected chi connectivity index (χ1v) is 15.2. The molecule has 0 aliphatic carbocycles. The van der Waals surface area contributed by atoms with Gasteiger partial charge in [-0.1, -0.05) is 89.5 Å². The summed E-state index contributed by atoms with van der Waals surface area (Å²) in [6, 6.07) is 0. The molecule has 41 heavy (non-hydrogen) atoms. The molecule has 5 atom stereocenters. The lowest BCUT2D eigenvalue weighted by molar-refractivity contribution is 0.160. The first-order chi connectivity index (χ1) is 18.1. The molecule has 2 heterocycles. The van der Waals surface area contributed by atoms with Crippen molar-refractivity contribution < 1.29 is 1.43 Å². The summed E-state index contributed by atoms with van der Waals surface area (Å²) in [6.07, 6.45) is 6.35. The van der Waals surface area contributed by atoms with E-state index in [-0.39, 0.29) is 24.7 Å². The third kappa shape index (κ3) is 52.5. The Labute approximate surface area is 264 Å². The molecule has 255 valence electrons. The van der Waals surface area contributed by atoms with E-state index >= 15 is 0 Å². The number of nitrogens with two attached hydrogens (primary N) is 2. The topological polar surface area (TPSA) is 128 Å². The van der Waals surface area contributed by atoms with Crippen LogP contribution in [0.4, 0.5) is 0 Å². The van der Waals surface area contributed by atoms with Crippen LogP contribution in [0.1, 0.15) is 104 Å². The van der Waals surface area contributed by atoms with Crippen molar-refractivity contribution in [2.45, 2.75) is 102 Å². The first-order valence-electron chi connectivity index (χ1n) is 15.2. The average Bonchev–Trinajstić information content (AvgIpc) is 3.44. The fourth-order valence-corrected chi connectivity index (χ4v) is 2.64. The minimum Gasteiger partial charge on any atom is -0.333 e. The molecule has 0 saturated carbocycles. The molecule has 9 nitrogen and oxygen atoms in total. The molecule has 0 spiro atoms. The molecule has 10 heteroatoms. The van der Waals surface area contributed by atoms with E-state index in [1.807, 2.05) is 7.05 Å². The monoisotopic (exact) mass is 594 g/mol. The van der Waals surface area contributed by atoms with Crippen LogP contribution in [0.2, 0.25) is 0 Å². The summed E-state index contributed by atoms with van der Waals surface area (Å²) in [5.74, 6) is 3.99. The van der Waals surface area contributed by atoms with Crippen LogP contribution in [0.3, 0.4) is 0 Å². The second-order valence-corrected chi connectivity index (χ2v) is 10.7. The molecule has 3 radical (unpaired) electrons. The Morgan fingerprint density at radius 3 is 1.68 bits per heavy atom. The van der Waals surface area contributed by atoms with Crippen LogP contribution in [0.25, 0.3) is 0 Å². The highest BCUT2D eigenvalue weighted by atomic mass is 15.5. The van der Waals surface area contributed by atoms with E-state index in [1.165, 1.54) is 58.8 Å². The van der Waals surface area contributed by atoms with Gasteiger partial charge >= 0.3 is 0 Å². The van der Waals surface area contributed by atoms with Gasteiger partial charge in [-0.15, -0.1) is 0 Å². The van der Waals surface area contributed by atoms with E-state index in [0.717, 1.165) is 43.9 Å². The fraction of sp³-hybridized carbons (Fsp3) is 1.00. The maximum Gasteiger partial charge on any atom is 0.0624 e. The van der Waals surface area contributed by atoms with E-state index in [2.05, 4.69) is 105 Å². The molecular formula is C31H83BN9. The Balaban J connectivity index is -0.0000000554. The molecule has 5 unspecified atom stereocenters. The molecule has 2 rings (SSSR count). The van der Waals surface area contributed by atoms with Gasteiger partial charge in [-0.05, 0) is 76.2 Å². The highest BCUT2D eigenvalue weighted by Gasteiger charge is 2.10. The molecule has 0 aromatic heterocycles. The van der Waals surface area contributed by atoms with E-state index in [0.29, 0.717) is 11.8 Å². The van der Waals surface area contributed by atoms with Crippen LogP contribution < -0.4 is 33.1 Å². The van der Waals surface area contributed by atoms with E-state index in [4.69, 9.17) is 5.73 Å². The number of rotatable bonds is 9. The van der Waals surface area contributed by atoms with Crippen LogP contribution in [0.15, 0.2) is 10.2 Å². The van der Waals surface area contributed by atoms with Crippen LogP contribution in [-0.2, 0) is 0 Å². The van der Waals surface area contributed by atoms with Crippen molar-refractivity contribution in [2.24, 2.45) is 51.3 Å². The van der Waals surface area contributed by atoms with E-state index in [9.17, 15) is 0 Å². The zero-order chi connectivity index (χ0) is 30.2. The molecule has 0 amide bonds. The van der Waals surface area contributed by atoms with Crippen molar-refractivity contribution in [1.82, 2.24) is 26.6 Å². The minimum absolute atomic E-state index is 0. The number of hydrogen-bond donors (Lipinski definition) is 6. The number of azo groups is 1. The van der Waals surface area contributed by atoms with Gasteiger partial charge in [0, 0.05) is 43.6 Å². The van der Waals surface area contributed by atoms with E-state index in [1.54, 1.807) is 7.05 Å². The van der Waals surface area contributed by atoms with Crippen molar-refractivity contribution >= 4 is 8.41 Å². The maximum absolute atomic E-state index is 5.28. The summed E-state index contributed by atoms with van der Waals surface area (Å²) < 4.78 is 0. The quantitative estimate of drug-likeness (QED) is 0.116. The zero-order valence-corrected chi connectivity index (χ0v) is 28.4. The van der Waals surface area contributed by atoms with Gasteiger partial charge in [-0.25, -0.2) is 5.01 Å². The Morgan fingerprint density at radius 2 is 1.44 bits per heavy atom. The average molecular weight is 594 g/mol. The predicted octanol–water partition coefficient (Wildman–Crippen LogP) is 5.65. The van der Waals surface area contributed by atoms with Gasteiger partial charge in [0.1, 0.15) is 0 Å². The standard InChI is InChI=1S/C6H14N2.C6H16N2.C6H14N2.C5H11N.C5H13N.CH5N.2CH4.B.H2/c1-6-3-4-8(2)7-5-6;2*1-4-6(2)5-8-7-3;1-5-2-3-6-4-5;1-3-5(2)4-6;1-2;;;;/h6-7H,3-5H2,1-2H3;6-8H,4-5H2,1-3H3;6H,4-5H2,1-3H3;5-6H,2-4H2,1H3;5H,3-4,6H2,1-2H3;2H2,1H3;2*1H4;;1H/i;;;;;;;;;1+1. The lowest BCUT2D eigenvalue weighted by atomic mass is 10.1. The lowest BCUT2D eigenvalue weighted by Gasteiger charge is -2.27.